The Morgan fingerprint density at radius 2 is 1.87 bits per heavy atom. The number of fused-ring (bicyclic) bond motifs is 1. The molecule has 0 amide bonds. The van der Waals surface area contributed by atoms with Crippen molar-refractivity contribution in [2.75, 3.05) is 31.2 Å². The van der Waals surface area contributed by atoms with Gasteiger partial charge in [-0.25, -0.2) is 14.2 Å². The molecule has 1 aliphatic rings. The second-order valence-electron chi connectivity index (χ2n) is 13.0. The van der Waals surface area contributed by atoms with E-state index in [1.807, 2.05) is 39.8 Å². The molecule has 1 saturated heterocycles. The van der Waals surface area contributed by atoms with Crippen molar-refractivity contribution >= 4 is 17.4 Å². The van der Waals surface area contributed by atoms with Crippen LogP contribution in [0.3, 0.4) is 0 Å². The fourth-order valence-corrected chi connectivity index (χ4v) is 5.73. The summed E-state index contributed by atoms with van der Waals surface area (Å²) in [5.74, 6) is 0.00299. The van der Waals surface area contributed by atoms with Crippen molar-refractivity contribution in [2.24, 2.45) is 0 Å². The lowest BCUT2D eigenvalue weighted by molar-refractivity contribution is -0.166. The van der Waals surface area contributed by atoms with Crippen molar-refractivity contribution in [3.8, 4) is 0 Å². The summed E-state index contributed by atoms with van der Waals surface area (Å²) in [6, 6.07) is 6.67. The largest absolute Gasteiger partial charge is 0.464 e. The van der Waals surface area contributed by atoms with Crippen molar-refractivity contribution in [2.45, 2.75) is 97.7 Å². The van der Waals surface area contributed by atoms with Gasteiger partial charge in [-0.2, -0.15) is 9.61 Å². The fraction of sp³-hybridized carbons (Fsp3) is 0.528. The summed E-state index contributed by atoms with van der Waals surface area (Å²) < 4.78 is 39.9. The number of benzene rings is 1. The zero-order valence-electron chi connectivity index (χ0n) is 28.2. The summed E-state index contributed by atoms with van der Waals surface area (Å²) in [5.41, 5.74) is 3.51. The van der Waals surface area contributed by atoms with Crippen LogP contribution in [-0.4, -0.2) is 58.1 Å². The van der Waals surface area contributed by atoms with Gasteiger partial charge in [0.25, 0.3) is 0 Å². The number of aryl methyl sites for hydroxylation is 2. The van der Waals surface area contributed by atoms with Crippen LogP contribution < -0.4 is 4.90 Å². The normalized spacial score (nSPS) is 15.6. The minimum absolute atomic E-state index is 0.224. The van der Waals surface area contributed by atoms with E-state index in [-0.39, 0.29) is 24.6 Å². The minimum atomic E-state index is -1.01. The maximum atomic E-state index is 13.9. The molecule has 250 valence electrons. The Labute approximate surface area is 272 Å². The van der Waals surface area contributed by atoms with Crippen LogP contribution in [0.4, 0.5) is 10.2 Å². The monoisotopic (exact) mass is 636 g/mol. The quantitative estimate of drug-likeness (QED) is 0.130. The number of halogens is 1. The highest BCUT2D eigenvalue weighted by Gasteiger charge is 2.38. The number of rotatable bonds is 15. The topological polar surface area (TPSA) is 87.4 Å². The van der Waals surface area contributed by atoms with Gasteiger partial charge in [-0.1, -0.05) is 18.2 Å². The van der Waals surface area contributed by atoms with Gasteiger partial charge in [-0.3, -0.25) is 0 Å². The van der Waals surface area contributed by atoms with Crippen LogP contribution >= 0.6 is 0 Å². The van der Waals surface area contributed by atoms with Gasteiger partial charge < -0.3 is 23.8 Å². The average Bonchev–Trinajstić information content (AvgIpc) is 3.40. The number of aromatic nitrogens is 3. The lowest BCUT2D eigenvalue weighted by Gasteiger charge is -2.41. The van der Waals surface area contributed by atoms with Crippen molar-refractivity contribution in [3.63, 3.8) is 0 Å². The zero-order valence-corrected chi connectivity index (χ0v) is 28.2. The summed E-state index contributed by atoms with van der Waals surface area (Å²) >= 11 is 0. The molecule has 4 rings (SSSR count). The summed E-state index contributed by atoms with van der Waals surface area (Å²) in [7, 11) is 0. The highest BCUT2D eigenvalue weighted by molar-refractivity contribution is 5.80. The van der Waals surface area contributed by atoms with E-state index in [2.05, 4.69) is 25.0 Å². The van der Waals surface area contributed by atoms with E-state index in [1.54, 1.807) is 29.6 Å². The number of carbonyl (C=O) groups excluding carboxylic acids is 1. The number of ether oxygens (including phenoxy) is 4. The third kappa shape index (κ3) is 8.80. The van der Waals surface area contributed by atoms with Crippen LogP contribution in [0.1, 0.15) is 88.1 Å². The average molecular weight is 637 g/mol. The molecule has 0 N–H and O–H groups in total. The van der Waals surface area contributed by atoms with Crippen molar-refractivity contribution in [3.05, 3.63) is 83.5 Å². The van der Waals surface area contributed by atoms with Crippen LogP contribution in [0.5, 0.6) is 0 Å². The Balaban J connectivity index is 1.71. The third-order valence-corrected chi connectivity index (χ3v) is 8.05. The number of nitrogens with zero attached hydrogens (tertiary/aromatic N) is 4. The summed E-state index contributed by atoms with van der Waals surface area (Å²) in [5, 5.41) is 4.94. The van der Waals surface area contributed by atoms with Gasteiger partial charge in [0, 0.05) is 24.8 Å². The van der Waals surface area contributed by atoms with E-state index in [0.29, 0.717) is 55.3 Å². The van der Waals surface area contributed by atoms with Gasteiger partial charge in [0.05, 0.1) is 48.9 Å². The molecule has 3 aromatic rings. The van der Waals surface area contributed by atoms with Crippen molar-refractivity contribution in [1.29, 1.82) is 0 Å². The van der Waals surface area contributed by atoms with Gasteiger partial charge in [0.1, 0.15) is 11.6 Å². The van der Waals surface area contributed by atoms with E-state index < -0.39 is 17.7 Å². The Hall–Kier alpha value is -3.60. The number of esters is 1. The molecule has 1 fully saturated rings. The van der Waals surface area contributed by atoms with Crippen molar-refractivity contribution in [1.82, 2.24) is 14.6 Å². The van der Waals surface area contributed by atoms with Crippen LogP contribution in [0.15, 0.2) is 49.6 Å². The molecule has 9 nitrogen and oxygen atoms in total. The Morgan fingerprint density at radius 1 is 1.13 bits per heavy atom. The predicted octanol–water partition coefficient (Wildman–Crippen LogP) is 6.99. The number of anilines is 1. The Kier molecular flexibility index (Phi) is 11.7. The first kappa shape index (κ1) is 35.3. The number of hydrogen-bond acceptors (Lipinski definition) is 8. The summed E-state index contributed by atoms with van der Waals surface area (Å²) in [6.07, 6.45) is 5.57. The highest BCUT2D eigenvalue weighted by atomic mass is 19.1. The van der Waals surface area contributed by atoms with E-state index in [4.69, 9.17) is 29.0 Å². The van der Waals surface area contributed by atoms with Crippen LogP contribution in [0, 0.1) is 12.7 Å². The first-order valence-electron chi connectivity index (χ1n) is 16.1. The first-order chi connectivity index (χ1) is 21.9. The van der Waals surface area contributed by atoms with E-state index in [0.717, 1.165) is 36.2 Å². The first-order valence-corrected chi connectivity index (χ1v) is 16.1. The van der Waals surface area contributed by atoms with E-state index in [9.17, 15) is 9.18 Å². The maximum Gasteiger partial charge on any atom is 0.340 e. The number of allylic oxidation sites excluding steroid dienone is 1. The fourth-order valence-electron chi connectivity index (χ4n) is 5.73. The molecule has 0 radical (unpaired) electrons. The molecule has 1 aromatic carbocycles. The van der Waals surface area contributed by atoms with Crippen LogP contribution in [0.25, 0.3) is 5.65 Å². The highest BCUT2D eigenvalue weighted by Crippen LogP contribution is 2.38. The van der Waals surface area contributed by atoms with Gasteiger partial charge in [0.2, 0.25) is 0 Å². The van der Waals surface area contributed by atoms with E-state index >= 15 is 0 Å². The molecular weight excluding hydrogens is 587 g/mol. The van der Waals surface area contributed by atoms with Crippen LogP contribution in [-0.2, 0) is 43.4 Å². The molecule has 3 heterocycles. The molecule has 1 aliphatic heterocycles. The SMILES string of the molecule is C=CCCc1cc(F)ccc1COCc1cc2nc(C)c([C@H](OC(C)(C)C)C(=O)OCC)c(N3CCC(C)(OCC=C)CC3)n2n1. The van der Waals surface area contributed by atoms with E-state index in [1.165, 1.54) is 6.07 Å². The van der Waals surface area contributed by atoms with Gasteiger partial charge in [-0.05, 0) is 90.5 Å². The molecule has 10 heteroatoms. The third-order valence-electron chi connectivity index (χ3n) is 8.05. The minimum Gasteiger partial charge on any atom is -0.464 e. The molecule has 0 aliphatic carbocycles. The van der Waals surface area contributed by atoms with Gasteiger partial charge in [-0.15, -0.1) is 13.2 Å². The lowest BCUT2D eigenvalue weighted by atomic mass is 9.92. The zero-order chi connectivity index (χ0) is 33.5. The maximum absolute atomic E-state index is 13.9. The number of carbonyl (C=O) groups is 1. The Morgan fingerprint density at radius 3 is 2.52 bits per heavy atom. The molecule has 46 heavy (non-hydrogen) atoms. The molecule has 1 atom stereocenters. The van der Waals surface area contributed by atoms with Gasteiger partial charge >= 0.3 is 5.97 Å². The summed E-state index contributed by atoms with van der Waals surface area (Å²) in [6.45, 7) is 21.7. The molecule has 0 bridgehead atoms. The predicted molar refractivity (Wildman–Crippen MR) is 177 cm³/mol. The second kappa shape index (κ2) is 15.3. The Bertz CT molecular complexity index is 1520. The van der Waals surface area contributed by atoms with Crippen LogP contribution in [0.2, 0.25) is 0 Å². The summed E-state index contributed by atoms with van der Waals surface area (Å²) in [4.78, 5) is 20.6. The molecular formula is C36H49FN4O5. The second-order valence-corrected chi connectivity index (χ2v) is 13.0. The van der Waals surface area contributed by atoms with Crippen molar-refractivity contribution < 1.29 is 28.1 Å². The smallest absolute Gasteiger partial charge is 0.340 e. The molecule has 0 unspecified atom stereocenters. The number of piperidine rings is 1. The molecule has 0 spiro atoms. The standard InChI is InChI=1S/C36H49FN4O5/c1-9-12-13-26-21-28(37)15-14-27(26)23-43-24-29-22-30-38-25(4)31(32(34(42)44-11-3)46-35(5,6)7)33(41(30)39-29)40-18-16-36(8,17-19-40)45-20-10-2/h9-10,14-15,21-22,32H,1-2,11-13,16-20,23-24H2,3-8H3/t32-/m0/s1. The van der Waals surface area contributed by atoms with Gasteiger partial charge in [0.15, 0.2) is 11.8 Å². The lowest BCUT2D eigenvalue weighted by Crippen LogP contribution is -2.45. The molecule has 0 saturated carbocycles. The number of hydrogen-bond donors (Lipinski definition) is 0. The molecule has 2 aromatic heterocycles.